The van der Waals surface area contributed by atoms with Gasteiger partial charge in [-0.1, -0.05) is 36.8 Å². The summed E-state index contributed by atoms with van der Waals surface area (Å²) in [6, 6.07) is 13.3. The Hall–Kier alpha value is -0.860. The molecule has 0 aromatic heterocycles. The number of nitrogens with zero attached hydrogens (tertiary/aromatic N) is 2. The van der Waals surface area contributed by atoms with Crippen molar-refractivity contribution in [2.75, 3.05) is 13.6 Å². The second kappa shape index (κ2) is 6.28. The topological polar surface area (TPSA) is 6.48 Å². The summed E-state index contributed by atoms with van der Waals surface area (Å²) in [6.45, 7) is 4.77. The molecule has 2 atom stereocenters. The van der Waals surface area contributed by atoms with E-state index in [2.05, 4.69) is 54.1 Å². The van der Waals surface area contributed by atoms with Gasteiger partial charge in [-0.3, -0.25) is 4.90 Å². The molecule has 1 heterocycles. The van der Waals surface area contributed by atoms with Crippen molar-refractivity contribution >= 4 is 0 Å². The van der Waals surface area contributed by atoms with Gasteiger partial charge >= 0.3 is 0 Å². The molecule has 0 bridgehead atoms. The van der Waals surface area contributed by atoms with Gasteiger partial charge in [-0.15, -0.1) is 0 Å². The molecule has 20 heavy (non-hydrogen) atoms. The first-order valence-electron chi connectivity index (χ1n) is 8.24. The van der Waals surface area contributed by atoms with Crippen molar-refractivity contribution in [3.05, 3.63) is 35.9 Å². The quantitative estimate of drug-likeness (QED) is 0.827. The summed E-state index contributed by atoms with van der Waals surface area (Å²) < 4.78 is 0. The highest BCUT2D eigenvalue weighted by molar-refractivity contribution is 5.14. The summed E-state index contributed by atoms with van der Waals surface area (Å²) in [5.41, 5.74) is 1.45. The summed E-state index contributed by atoms with van der Waals surface area (Å²) in [5.74, 6) is 0. The predicted octanol–water partition coefficient (Wildman–Crippen LogP) is 3.52. The van der Waals surface area contributed by atoms with Crippen LogP contribution < -0.4 is 0 Å². The number of likely N-dealkylation sites (tertiary alicyclic amines) is 1. The normalized spacial score (nSPS) is 28.6. The standard InChI is InChI=1S/C18H28N2/c1-15-13-18(19(2)17-9-6-10-17)11-12-20(15)14-16-7-4-3-5-8-16/h3-5,7-8,15,17-18H,6,9-14H2,1-2H3/t15-,18+/m1/s1. The van der Waals surface area contributed by atoms with Gasteiger partial charge in [-0.05, 0) is 45.2 Å². The maximum Gasteiger partial charge on any atom is 0.0236 e. The van der Waals surface area contributed by atoms with E-state index in [0.717, 1.165) is 18.6 Å². The van der Waals surface area contributed by atoms with E-state index in [0.29, 0.717) is 6.04 Å². The Bertz CT molecular complexity index is 413. The zero-order valence-electron chi connectivity index (χ0n) is 13.0. The minimum Gasteiger partial charge on any atom is -0.300 e. The smallest absolute Gasteiger partial charge is 0.0236 e. The van der Waals surface area contributed by atoms with Crippen molar-refractivity contribution in [1.82, 2.24) is 9.80 Å². The van der Waals surface area contributed by atoms with Crippen LogP contribution in [0.5, 0.6) is 0 Å². The fourth-order valence-electron chi connectivity index (χ4n) is 3.71. The van der Waals surface area contributed by atoms with Crippen LogP contribution in [0, 0.1) is 0 Å². The van der Waals surface area contributed by atoms with E-state index in [-0.39, 0.29) is 0 Å². The minimum atomic E-state index is 0.705. The van der Waals surface area contributed by atoms with Gasteiger partial charge in [-0.25, -0.2) is 0 Å². The van der Waals surface area contributed by atoms with Crippen molar-refractivity contribution in [3.63, 3.8) is 0 Å². The van der Waals surface area contributed by atoms with E-state index >= 15 is 0 Å². The highest BCUT2D eigenvalue weighted by atomic mass is 15.2. The number of hydrogen-bond donors (Lipinski definition) is 0. The molecule has 1 saturated carbocycles. The van der Waals surface area contributed by atoms with E-state index in [1.807, 2.05) is 0 Å². The Balaban J connectivity index is 1.54. The number of rotatable bonds is 4. The van der Waals surface area contributed by atoms with Gasteiger partial charge in [0.05, 0.1) is 0 Å². The zero-order valence-corrected chi connectivity index (χ0v) is 13.0. The van der Waals surface area contributed by atoms with Gasteiger partial charge in [0.2, 0.25) is 0 Å². The van der Waals surface area contributed by atoms with Gasteiger partial charge < -0.3 is 4.90 Å². The first-order valence-corrected chi connectivity index (χ1v) is 8.24. The first-order chi connectivity index (χ1) is 9.74. The van der Waals surface area contributed by atoms with Gasteiger partial charge in [0, 0.05) is 31.2 Å². The van der Waals surface area contributed by atoms with Gasteiger partial charge in [0.1, 0.15) is 0 Å². The lowest BCUT2D eigenvalue weighted by Crippen LogP contribution is -2.51. The Morgan fingerprint density at radius 3 is 2.45 bits per heavy atom. The minimum absolute atomic E-state index is 0.705. The van der Waals surface area contributed by atoms with Gasteiger partial charge in [-0.2, -0.15) is 0 Å². The average molecular weight is 272 g/mol. The van der Waals surface area contributed by atoms with Gasteiger partial charge in [0.15, 0.2) is 0 Å². The maximum absolute atomic E-state index is 2.68. The molecule has 2 fully saturated rings. The Labute approximate surface area is 123 Å². The molecular weight excluding hydrogens is 244 g/mol. The van der Waals surface area contributed by atoms with Crippen LogP contribution in [-0.2, 0) is 6.54 Å². The lowest BCUT2D eigenvalue weighted by atomic mass is 9.88. The van der Waals surface area contributed by atoms with Crippen LogP contribution in [0.1, 0.15) is 44.6 Å². The van der Waals surface area contributed by atoms with E-state index in [4.69, 9.17) is 0 Å². The van der Waals surface area contributed by atoms with Crippen molar-refractivity contribution in [2.24, 2.45) is 0 Å². The van der Waals surface area contributed by atoms with Crippen molar-refractivity contribution in [2.45, 2.75) is 63.7 Å². The lowest BCUT2D eigenvalue weighted by molar-refractivity contribution is 0.0375. The fourth-order valence-corrected chi connectivity index (χ4v) is 3.71. The lowest BCUT2D eigenvalue weighted by Gasteiger charge is -2.46. The molecule has 1 saturated heterocycles. The van der Waals surface area contributed by atoms with Crippen molar-refractivity contribution < 1.29 is 0 Å². The third kappa shape index (κ3) is 3.07. The van der Waals surface area contributed by atoms with Crippen LogP contribution in [-0.4, -0.2) is 41.5 Å². The van der Waals surface area contributed by atoms with Crippen LogP contribution in [0.15, 0.2) is 30.3 Å². The van der Waals surface area contributed by atoms with E-state index in [9.17, 15) is 0 Å². The molecule has 110 valence electrons. The first kappa shape index (κ1) is 14.1. The number of hydrogen-bond acceptors (Lipinski definition) is 2. The summed E-state index contributed by atoms with van der Waals surface area (Å²) in [5, 5.41) is 0. The van der Waals surface area contributed by atoms with Crippen molar-refractivity contribution in [3.8, 4) is 0 Å². The highest BCUT2D eigenvalue weighted by Crippen LogP contribution is 2.30. The number of piperidine rings is 1. The molecule has 3 rings (SSSR count). The highest BCUT2D eigenvalue weighted by Gasteiger charge is 2.32. The molecule has 0 N–H and O–H groups in total. The molecule has 1 aliphatic carbocycles. The molecule has 2 heteroatoms. The van der Waals surface area contributed by atoms with E-state index in [1.165, 1.54) is 44.2 Å². The van der Waals surface area contributed by atoms with Crippen LogP contribution in [0.2, 0.25) is 0 Å². The maximum atomic E-state index is 2.68. The molecule has 0 spiro atoms. The van der Waals surface area contributed by atoms with E-state index < -0.39 is 0 Å². The van der Waals surface area contributed by atoms with Crippen LogP contribution in [0.3, 0.4) is 0 Å². The van der Waals surface area contributed by atoms with Crippen LogP contribution in [0.25, 0.3) is 0 Å². The molecular formula is C18H28N2. The SMILES string of the molecule is C[C@@H]1C[C@@H](N(C)C2CCC2)CCN1Cc1ccccc1. The second-order valence-corrected chi connectivity index (χ2v) is 6.73. The molecule has 0 unspecified atom stereocenters. The van der Waals surface area contributed by atoms with Crippen LogP contribution in [0.4, 0.5) is 0 Å². The molecule has 2 aliphatic rings. The van der Waals surface area contributed by atoms with Gasteiger partial charge in [0.25, 0.3) is 0 Å². The largest absolute Gasteiger partial charge is 0.300 e. The molecule has 2 nitrogen and oxygen atoms in total. The predicted molar refractivity (Wildman–Crippen MR) is 84.7 cm³/mol. The number of benzene rings is 1. The molecule has 0 amide bonds. The fraction of sp³-hybridized carbons (Fsp3) is 0.667. The second-order valence-electron chi connectivity index (χ2n) is 6.73. The monoisotopic (exact) mass is 272 g/mol. The molecule has 0 radical (unpaired) electrons. The third-order valence-corrected chi connectivity index (χ3v) is 5.44. The summed E-state index contributed by atoms with van der Waals surface area (Å²) in [6.07, 6.45) is 6.96. The van der Waals surface area contributed by atoms with Crippen LogP contribution >= 0.6 is 0 Å². The summed E-state index contributed by atoms with van der Waals surface area (Å²) in [4.78, 5) is 5.33. The molecule has 1 aromatic rings. The summed E-state index contributed by atoms with van der Waals surface area (Å²) >= 11 is 0. The Kier molecular flexibility index (Phi) is 4.42. The Morgan fingerprint density at radius 2 is 1.85 bits per heavy atom. The average Bonchev–Trinajstić information content (AvgIpc) is 2.40. The molecule has 1 aliphatic heterocycles. The van der Waals surface area contributed by atoms with Crippen molar-refractivity contribution in [1.29, 1.82) is 0 Å². The molecule has 1 aromatic carbocycles. The third-order valence-electron chi connectivity index (χ3n) is 5.44. The summed E-state index contributed by atoms with van der Waals surface area (Å²) in [7, 11) is 2.36. The van der Waals surface area contributed by atoms with E-state index in [1.54, 1.807) is 0 Å². The Morgan fingerprint density at radius 1 is 1.10 bits per heavy atom. The zero-order chi connectivity index (χ0) is 13.9.